The maximum atomic E-state index is 13.8. The van der Waals surface area contributed by atoms with Crippen molar-refractivity contribution in [2.75, 3.05) is 20.8 Å². The number of hydrogen-bond acceptors (Lipinski definition) is 4. The molecule has 0 saturated heterocycles. The number of aromatic nitrogens is 1. The molecule has 4 rings (SSSR count). The number of carbonyl (C=O) groups is 2. The molecule has 1 N–H and O–H groups in total. The first kappa shape index (κ1) is 23.5. The smallest absolute Gasteiger partial charge is 0.271 e. The van der Waals surface area contributed by atoms with Gasteiger partial charge in [0, 0.05) is 18.0 Å². The van der Waals surface area contributed by atoms with E-state index in [0.29, 0.717) is 30.3 Å². The summed E-state index contributed by atoms with van der Waals surface area (Å²) in [5.74, 6) is 1.16. The summed E-state index contributed by atoms with van der Waals surface area (Å²) in [6, 6.07) is 5.74. The van der Waals surface area contributed by atoms with Crippen molar-refractivity contribution in [1.29, 1.82) is 0 Å². The van der Waals surface area contributed by atoms with E-state index in [-0.39, 0.29) is 17.9 Å². The van der Waals surface area contributed by atoms with Crippen LogP contribution in [0.15, 0.2) is 18.2 Å². The second-order valence-corrected chi connectivity index (χ2v) is 9.59. The van der Waals surface area contributed by atoms with Gasteiger partial charge in [-0.2, -0.15) is 0 Å². The first-order chi connectivity index (χ1) is 15.9. The molecule has 2 amide bonds. The van der Waals surface area contributed by atoms with E-state index in [1.54, 1.807) is 19.1 Å². The number of hydrogen-bond donors (Lipinski definition) is 1. The van der Waals surface area contributed by atoms with Gasteiger partial charge in [-0.15, -0.1) is 0 Å². The van der Waals surface area contributed by atoms with Crippen LogP contribution < -0.4 is 14.8 Å². The Morgan fingerprint density at radius 3 is 2.36 bits per heavy atom. The summed E-state index contributed by atoms with van der Waals surface area (Å²) in [5, 5.41) is 4.15. The standard InChI is InChI=1S/C26H37N3O4/c1-5-15-29-24(30)20-16-19-21(32-3)13-14-22(33-4)23(19)28(20)17-26(29,2)25(31)27-18-11-9-7-6-8-10-12-18/h13-14,16,18H,5-12,15,17H2,1-4H3,(H,27,31)/t26-/m1/s1. The molecule has 0 unspecified atom stereocenters. The van der Waals surface area contributed by atoms with E-state index in [2.05, 4.69) is 5.32 Å². The van der Waals surface area contributed by atoms with E-state index in [0.717, 1.165) is 43.0 Å². The molecule has 1 aliphatic heterocycles. The molecule has 7 heteroatoms. The molecule has 1 atom stereocenters. The van der Waals surface area contributed by atoms with Crippen molar-refractivity contribution in [3.05, 3.63) is 23.9 Å². The third-order valence-electron chi connectivity index (χ3n) is 7.32. The molecular weight excluding hydrogens is 418 g/mol. The van der Waals surface area contributed by atoms with Crippen molar-refractivity contribution >= 4 is 22.7 Å². The van der Waals surface area contributed by atoms with Crippen LogP contribution in [0.4, 0.5) is 0 Å². The van der Waals surface area contributed by atoms with Gasteiger partial charge in [-0.3, -0.25) is 9.59 Å². The van der Waals surface area contributed by atoms with Gasteiger partial charge in [-0.05, 0) is 44.4 Å². The van der Waals surface area contributed by atoms with Crippen LogP contribution in [0.2, 0.25) is 0 Å². The van der Waals surface area contributed by atoms with E-state index in [1.807, 2.05) is 36.6 Å². The molecule has 7 nitrogen and oxygen atoms in total. The van der Waals surface area contributed by atoms with E-state index >= 15 is 0 Å². The summed E-state index contributed by atoms with van der Waals surface area (Å²) in [5.41, 5.74) is 0.376. The maximum Gasteiger partial charge on any atom is 0.271 e. The molecule has 33 heavy (non-hydrogen) atoms. The molecule has 0 spiro atoms. The molecule has 180 valence electrons. The number of fused-ring (bicyclic) bond motifs is 3. The monoisotopic (exact) mass is 455 g/mol. The van der Waals surface area contributed by atoms with E-state index in [1.165, 1.54) is 19.3 Å². The van der Waals surface area contributed by atoms with Crippen LogP contribution in [-0.2, 0) is 11.3 Å². The number of nitrogens with zero attached hydrogens (tertiary/aromatic N) is 2. The molecule has 1 aromatic heterocycles. The largest absolute Gasteiger partial charge is 0.496 e. The minimum atomic E-state index is -0.984. The Kier molecular flexibility index (Phi) is 6.86. The predicted molar refractivity (Wildman–Crippen MR) is 129 cm³/mol. The van der Waals surface area contributed by atoms with Crippen LogP contribution in [0.1, 0.15) is 75.7 Å². The van der Waals surface area contributed by atoms with Crippen molar-refractivity contribution in [2.24, 2.45) is 0 Å². The summed E-state index contributed by atoms with van der Waals surface area (Å²) in [4.78, 5) is 29.3. The Labute approximate surface area is 196 Å². The lowest BCUT2D eigenvalue weighted by atomic mass is 9.92. The third kappa shape index (κ3) is 4.18. The number of amides is 2. The Bertz CT molecular complexity index is 1020. The van der Waals surface area contributed by atoms with Crippen LogP contribution in [0.25, 0.3) is 10.9 Å². The lowest BCUT2D eigenvalue weighted by Crippen LogP contribution is -2.65. The molecule has 0 radical (unpaired) electrons. The molecule has 1 aliphatic carbocycles. The topological polar surface area (TPSA) is 72.8 Å². The Morgan fingerprint density at radius 2 is 1.73 bits per heavy atom. The number of methoxy groups -OCH3 is 2. The average molecular weight is 456 g/mol. The Balaban J connectivity index is 1.75. The van der Waals surface area contributed by atoms with Gasteiger partial charge < -0.3 is 24.3 Å². The fraction of sp³-hybridized carbons (Fsp3) is 0.615. The zero-order valence-corrected chi connectivity index (χ0v) is 20.4. The first-order valence-electron chi connectivity index (χ1n) is 12.3. The quantitative estimate of drug-likeness (QED) is 0.696. The van der Waals surface area contributed by atoms with Gasteiger partial charge in [0.25, 0.3) is 5.91 Å². The zero-order chi connectivity index (χ0) is 23.6. The zero-order valence-electron chi connectivity index (χ0n) is 20.4. The van der Waals surface area contributed by atoms with E-state index < -0.39 is 5.54 Å². The van der Waals surface area contributed by atoms with Crippen molar-refractivity contribution in [1.82, 2.24) is 14.8 Å². The SMILES string of the molecule is CCCN1C(=O)c2cc3c(OC)ccc(OC)c3n2C[C@]1(C)C(=O)NC1CCCCCCC1. The summed E-state index contributed by atoms with van der Waals surface area (Å²) in [6.45, 7) is 4.85. The van der Waals surface area contributed by atoms with Gasteiger partial charge in [-0.25, -0.2) is 0 Å². The predicted octanol–water partition coefficient (Wildman–Crippen LogP) is 4.51. The molecule has 1 aromatic carbocycles. The van der Waals surface area contributed by atoms with Crippen molar-refractivity contribution in [2.45, 2.75) is 83.3 Å². The highest BCUT2D eigenvalue weighted by Gasteiger charge is 2.48. The highest BCUT2D eigenvalue weighted by Crippen LogP contribution is 2.40. The van der Waals surface area contributed by atoms with Crippen LogP contribution in [0.3, 0.4) is 0 Å². The number of carbonyl (C=O) groups excluding carboxylic acids is 2. The number of ether oxygens (including phenoxy) is 2. The highest BCUT2D eigenvalue weighted by atomic mass is 16.5. The minimum absolute atomic E-state index is 0.0655. The highest BCUT2D eigenvalue weighted by molar-refractivity contribution is 6.05. The van der Waals surface area contributed by atoms with Crippen molar-refractivity contribution < 1.29 is 19.1 Å². The maximum absolute atomic E-state index is 13.8. The van der Waals surface area contributed by atoms with Crippen LogP contribution >= 0.6 is 0 Å². The summed E-state index contributed by atoms with van der Waals surface area (Å²) in [6.07, 6.45) is 8.82. The molecule has 2 aromatic rings. The number of nitrogens with one attached hydrogen (secondary N) is 1. The molecule has 2 aliphatic rings. The summed E-state index contributed by atoms with van der Waals surface area (Å²) in [7, 11) is 3.24. The van der Waals surface area contributed by atoms with E-state index in [4.69, 9.17) is 9.47 Å². The molecule has 2 heterocycles. The average Bonchev–Trinajstić information content (AvgIpc) is 3.17. The fourth-order valence-corrected chi connectivity index (χ4v) is 5.47. The van der Waals surface area contributed by atoms with Gasteiger partial charge in [0.2, 0.25) is 5.91 Å². The van der Waals surface area contributed by atoms with Crippen LogP contribution in [0, 0.1) is 0 Å². The van der Waals surface area contributed by atoms with Gasteiger partial charge in [-0.1, -0.05) is 39.0 Å². The lowest BCUT2D eigenvalue weighted by Gasteiger charge is -2.44. The van der Waals surface area contributed by atoms with E-state index in [9.17, 15) is 9.59 Å². The van der Waals surface area contributed by atoms with Crippen LogP contribution in [0.5, 0.6) is 11.5 Å². The second kappa shape index (κ2) is 9.65. The minimum Gasteiger partial charge on any atom is -0.496 e. The first-order valence-corrected chi connectivity index (χ1v) is 12.3. The molecule has 1 saturated carbocycles. The van der Waals surface area contributed by atoms with Gasteiger partial charge in [0.05, 0.1) is 26.3 Å². The Hall–Kier alpha value is -2.70. The van der Waals surface area contributed by atoms with Crippen molar-refractivity contribution in [3.63, 3.8) is 0 Å². The summed E-state index contributed by atoms with van der Waals surface area (Å²) < 4.78 is 13.1. The number of rotatable bonds is 6. The van der Waals surface area contributed by atoms with Gasteiger partial charge >= 0.3 is 0 Å². The molecule has 0 bridgehead atoms. The van der Waals surface area contributed by atoms with Gasteiger partial charge in [0.1, 0.15) is 22.7 Å². The second-order valence-electron chi connectivity index (χ2n) is 9.59. The summed E-state index contributed by atoms with van der Waals surface area (Å²) >= 11 is 0. The van der Waals surface area contributed by atoms with Gasteiger partial charge in [0.15, 0.2) is 0 Å². The number of benzene rings is 1. The molecular formula is C26H37N3O4. The van der Waals surface area contributed by atoms with Crippen LogP contribution in [-0.4, -0.2) is 53.6 Å². The normalized spacial score (nSPS) is 21.9. The van der Waals surface area contributed by atoms with Crippen molar-refractivity contribution in [3.8, 4) is 11.5 Å². The lowest BCUT2D eigenvalue weighted by molar-refractivity contribution is -0.133. The third-order valence-corrected chi connectivity index (χ3v) is 7.32. The Morgan fingerprint density at radius 1 is 1.09 bits per heavy atom. The fourth-order valence-electron chi connectivity index (χ4n) is 5.47. The molecule has 1 fully saturated rings.